The van der Waals surface area contributed by atoms with E-state index in [9.17, 15) is 23.1 Å². The van der Waals surface area contributed by atoms with Gasteiger partial charge in [0.1, 0.15) is 5.82 Å². The Kier molecular flexibility index (Phi) is 4.08. The van der Waals surface area contributed by atoms with E-state index < -0.39 is 29.3 Å². The fraction of sp³-hybridized carbons (Fsp3) is 0.133. The summed E-state index contributed by atoms with van der Waals surface area (Å²) in [7, 11) is 0. The van der Waals surface area contributed by atoms with Gasteiger partial charge in [-0.2, -0.15) is 0 Å². The highest BCUT2D eigenvalue weighted by atomic mass is 19.2. The Bertz CT molecular complexity index is 641. The summed E-state index contributed by atoms with van der Waals surface area (Å²) in [6, 6.07) is 8.64. The summed E-state index contributed by atoms with van der Waals surface area (Å²) in [5.74, 6) is -5.07. The van der Waals surface area contributed by atoms with E-state index in [0.717, 1.165) is 18.2 Å². The summed E-state index contributed by atoms with van der Waals surface area (Å²) in [5.41, 5.74) is 0.310. The molecule has 104 valence electrons. The van der Waals surface area contributed by atoms with Crippen LogP contribution in [-0.2, 0) is 11.2 Å². The molecule has 0 fully saturated rings. The van der Waals surface area contributed by atoms with E-state index in [4.69, 9.17) is 0 Å². The van der Waals surface area contributed by atoms with Gasteiger partial charge < -0.3 is 5.11 Å². The van der Waals surface area contributed by atoms with Crippen LogP contribution in [0, 0.1) is 17.5 Å². The smallest absolute Gasteiger partial charge is 0.311 e. The van der Waals surface area contributed by atoms with Gasteiger partial charge in [-0.1, -0.05) is 24.3 Å². The molecule has 0 saturated carbocycles. The highest BCUT2D eigenvalue weighted by Crippen LogP contribution is 2.24. The van der Waals surface area contributed by atoms with Crippen LogP contribution < -0.4 is 0 Å². The number of rotatable bonds is 4. The Morgan fingerprint density at radius 1 is 1.00 bits per heavy atom. The summed E-state index contributed by atoms with van der Waals surface area (Å²) >= 11 is 0. The lowest BCUT2D eigenvalue weighted by Crippen LogP contribution is -2.16. The average molecular weight is 280 g/mol. The third-order valence-electron chi connectivity index (χ3n) is 3.00. The summed E-state index contributed by atoms with van der Waals surface area (Å²) in [4.78, 5) is 11.3. The second kappa shape index (κ2) is 5.77. The van der Waals surface area contributed by atoms with Crippen molar-refractivity contribution in [2.45, 2.75) is 12.3 Å². The molecule has 20 heavy (non-hydrogen) atoms. The van der Waals surface area contributed by atoms with Crippen LogP contribution in [-0.4, -0.2) is 11.1 Å². The zero-order valence-electron chi connectivity index (χ0n) is 10.3. The summed E-state index contributed by atoms with van der Waals surface area (Å²) in [6.45, 7) is 0. The maximum atomic E-state index is 13.6. The maximum absolute atomic E-state index is 13.6. The van der Waals surface area contributed by atoms with E-state index in [1.807, 2.05) is 0 Å². The highest BCUT2D eigenvalue weighted by Gasteiger charge is 2.23. The second-order valence-corrected chi connectivity index (χ2v) is 4.36. The molecule has 1 unspecified atom stereocenters. The molecular weight excluding hydrogens is 269 g/mol. The van der Waals surface area contributed by atoms with E-state index in [2.05, 4.69) is 0 Å². The molecule has 0 radical (unpaired) electrons. The van der Waals surface area contributed by atoms with E-state index >= 15 is 0 Å². The summed E-state index contributed by atoms with van der Waals surface area (Å²) in [6.07, 6.45) is -0.118. The predicted octanol–water partition coefficient (Wildman–Crippen LogP) is 3.51. The molecule has 0 aliphatic heterocycles. The predicted molar refractivity (Wildman–Crippen MR) is 66.8 cm³/mol. The van der Waals surface area contributed by atoms with Gasteiger partial charge in [0.15, 0.2) is 11.6 Å². The maximum Gasteiger partial charge on any atom is 0.311 e. The Morgan fingerprint density at radius 2 is 1.70 bits per heavy atom. The Labute approximate surface area is 113 Å². The SMILES string of the molecule is O=C(O)C(Cc1ccc(F)c(F)c1)c1ccccc1F. The minimum atomic E-state index is -1.22. The molecule has 5 heteroatoms. The molecule has 0 bridgehead atoms. The van der Waals surface area contributed by atoms with Gasteiger partial charge in [-0.15, -0.1) is 0 Å². The van der Waals surface area contributed by atoms with Crippen LogP contribution in [0.15, 0.2) is 42.5 Å². The van der Waals surface area contributed by atoms with Crippen LogP contribution >= 0.6 is 0 Å². The second-order valence-electron chi connectivity index (χ2n) is 4.36. The molecular formula is C15H11F3O2. The number of aliphatic carboxylic acids is 1. The normalized spacial score (nSPS) is 12.2. The number of halogens is 3. The van der Waals surface area contributed by atoms with Gasteiger partial charge in [0.2, 0.25) is 0 Å². The fourth-order valence-corrected chi connectivity index (χ4v) is 1.99. The lowest BCUT2D eigenvalue weighted by Gasteiger charge is -2.13. The molecule has 2 aromatic carbocycles. The standard InChI is InChI=1S/C15H11F3O2/c16-12-4-2-1-3-10(12)11(15(19)20)7-9-5-6-13(17)14(18)8-9/h1-6,8,11H,7H2,(H,19,20). The van der Waals surface area contributed by atoms with Crippen LogP contribution in [0.4, 0.5) is 13.2 Å². The third-order valence-corrected chi connectivity index (χ3v) is 3.00. The lowest BCUT2D eigenvalue weighted by molar-refractivity contribution is -0.138. The minimum absolute atomic E-state index is 0.0183. The zero-order chi connectivity index (χ0) is 14.7. The molecule has 0 saturated heterocycles. The van der Waals surface area contributed by atoms with Gasteiger partial charge in [-0.3, -0.25) is 4.79 Å². The topological polar surface area (TPSA) is 37.3 Å². The monoisotopic (exact) mass is 280 g/mol. The summed E-state index contributed by atoms with van der Waals surface area (Å²) in [5, 5.41) is 9.20. The van der Waals surface area contributed by atoms with Crippen molar-refractivity contribution in [1.29, 1.82) is 0 Å². The Balaban J connectivity index is 2.33. The number of carbonyl (C=O) groups is 1. The van der Waals surface area contributed by atoms with Crippen molar-refractivity contribution in [2.24, 2.45) is 0 Å². The van der Waals surface area contributed by atoms with Crippen LogP contribution in [0.25, 0.3) is 0 Å². The van der Waals surface area contributed by atoms with E-state index in [1.165, 1.54) is 24.3 Å². The first-order chi connectivity index (χ1) is 9.49. The molecule has 1 atom stereocenters. The van der Waals surface area contributed by atoms with Crippen LogP contribution in [0.5, 0.6) is 0 Å². The Morgan fingerprint density at radius 3 is 2.30 bits per heavy atom. The molecule has 1 N–H and O–H groups in total. The molecule has 2 rings (SSSR count). The third kappa shape index (κ3) is 2.99. The Hall–Kier alpha value is -2.30. The minimum Gasteiger partial charge on any atom is -0.481 e. The first kappa shape index (κ1) is 14.1. The fourth-order valence-electron chi connectivity index (χ4n) is 1.99. The molecule has 0 aliphatic rings. The van der Waals surface area contributed by atoms with E-state index in [0.29, 0.717) is 5.56 Å². The van der Waals surface area contributed by atoms with Crippen LogP contribution in [0.1, 0.15) is 17.0 Å². The number of carboxylic acids is 1. The largest absolute Gasteiger partial charge is 0.481 e. The van der Waals surface area contributed by atoms with Gasteiger partial charge in [-0.25, -0.2) is 13.2 Å². The highest BCUT2D eigenvalue weighted by molar-refractivity contribution is 5.76. The molecule has 0 amide bonds. The first-order valence-corrected chi connectivity index (χ1v) is 5.90. The molecule has 0 aliphatic carbocycles. The number of hydrogen-bond acceptors (Lipinski definition) is 1. The lowest BCUT2D eigenvalue weighted by atomic mass is 9.91. The van der Waals surface area contributed by atoms with Crippen molar-refractivity contribution in [1.82, 2.24) is 0 Å². The van der Waals surface area contributed by atoms with E-state index in [1.54, 1.807) is 0 Å². The quantitative estimate of drug-likeness (QED) is 0.930. The van der Waals surface area contributed by atoms with Crippen LogP contribution in [0.2, 0.25) is 0 Å². The first-order valence-electron chi connectivity index (χ1n) is 5.90. The zero-order valence-corrected chi connectivity index (χ0v) is 10.3. The molecule has 0 aromatic heterocycles. The van der Waals surface area contributed by atoms with Crippen molar-refractivity contribution in [3.05, 3.63) is 71.0 Å². The molecule has 2 aromatic rings. The van der Waals surface area contributed by atoms with Gasteiger partial charge in [0.05, 0.1) is 5.92 Å². The van der Waals surface area contributed by atoms with Crippen LogP contribution in [0.3, 0.4) is 0 Å². The van der Waals surface area contributed by atoms with Gasteiger partial charge in [0.25, 0.3) is 0 Å². The van der Waals surface area contributed by atoms with Crippen molar-refractivity contribution in [3.63, 3.8) is 0 Å². The van der Waals surface area contributed by atoms with E-state index in [-0.39, 0.29) is 12.0 Å². The average Bonchev–Trinajstić information content (AvgIpc) is 2.41. The number of hydrogen-bond donors (Lipinski definition) is 1. The molecule has 0 heterocycles. The van der Waals surface area contributed by atoms with Crippen molar-refractivity contribution in [2.75, 3.05) is 0 Å². The molecule has 0 spiro atoms. The van der Waals surface area contributed by atoms with Crippen molar-refractivity contribution < 1.29 is 23.1 Å². The van der Waals surface area contributed by atoms with Crippen molar-refractivity contribution in [3.8, 4) is 0 Å². The van der Waals surface area contributed by atoms with Gasteiger partial charge in [0, 0.05) is 5.56 Å². The number of carboxylic acid groups (broad SMARTS) is 1. The van der Waals surface area contributed by atoms with Crippen molar-refractivity contribution >= 4 is 5.97 Å². The van der Waals surface area contributed by atoms with Gasteiger partial charge in [-0.05, 0) is 30.2 Å². The van der Waals surface area contributed by atoms with Gasteiger partial charge >= 0.3 is 5.97 Å². The summed E-state index contributed by atoms with van der Waals surface area (Å²) < 4.78 is 39.6. The number of benzene rings is 2. The molecule has 2 nitrogen and oxygen atoms in total.